The van der Waals surface area contributed by atoms with Gasteiger partial charge in [0.1, 0.15) is 0 Å². The van der Waals surface area contributed by atoms with Gasteiger partial charge in [0, 0.05) is 29.3 Å². The molecular formula is C19H23NO. The predicted octanol–water partition coefficient (Wildman–Crippen LogP) is 5.02. The number of pyridine rings is 1. The smallest absolute Gasteiger partial charge is 0.166 e. The highest BCUT2D eigenvalue weighted by Gasteiger charge is 2.27. The Morgan fingerprint density at radius 3 is 2.76 bits per heavy atom. The van der Waals surface area contributed by atoms with E-state index in [1.807, 2.05) is 30.5 Å². The molecule has 0 aliphatic heterocycles. The number of nitrogens with zero attached hydrogens (tertiary/aromatic N) is 1. The second-order valence-electron chi connectivity index (χ2n) is 6.27. The lowest BCUT2D eigenvalue weighted by atomic mass is 9.77. The van der Waals surface area contributed by atoms with Crippen LogP contribution in [0.4, 0.5) is 0 Å². The fraction of sp³-hybridized carbons (Fsp3) is 0.474. The van der Waals surface area contributed by atoms with Crippen molar-refractivity contribution in [3.8, 4) is 0 Å². The molecule has 1 fully saturated rings. The second-order valence-corrected chi connectivity index (χ2v) is 6.27. The van der Waals surface area contributed by atoms with Crippen LogP contribution in [0.2, 0.25) is 0 Å². The Bertz CT molecular complexity index is 621. The summed E-state index contributed by atoms with van der Waals surface area (Å²) in [7, 11) is 0. The molecule has 2 aromatic rings. The van der Waals surface area contributed by atoms with Crippen LogP contribution in [0.3, 0.4) is 0 Å². The van der Waals surface area contributed by atoms with E-state index in [0.29, 0.717) is 5.78 Å². The molecular weight excluding hydrogens is 258 g/mol. The van der Waals surface area contributed by atoms with Crippen molar-refractivity contribution in [2.45, 2.75) is 45.4 Å². The molecule has 0 spiro atoms. The first-order chi connectivity index (χ1) is 10.3. The van der Waals surface area contributed by atoms with Crippen LogP contribution in [0.25, 0.3) is 10.8 Å². The van der Waals surface area contributed by atoms with Crippen molar-refractivity contribution in [1.82, 2.24) is 4.98 Å². The molecule has 1 saturated carbocycles. The SMILES string of the molecule is CCCC1CCC(C(=O)c2cccc3cnccc23)CC1. The van der Waals surface area contributed by atoms with E-state index in [4.69, 9.17) is 0 Å². The van der Waals surface area contributed by atoms with E-state index in [9.17, 15) is 4.79 Å². The maximum atomic E-state index is 12.9. The average Bonchev–Trinajstić information content (AvgIpc) is 2.55. The number of benzene rings is 1. The Labute approximate surface area is 126 Å². The molecule has 0 radical (unpaired) electrons. The van der Waals surface area contributed by atoms with E-state index in [1.54, 1.807) is 6.20 Å². The molecule has 110 valence electrons. The van der Waals surface area contributed by atoms with E-state index < -0.39 is 0 Å². The first kappa shape index (κ1) is 14.2. The van der Waals surface area contributed by atoms with Gasteiger partial charge in [-0.3, -0.25) is 9.78 Å². The second kappa shape index (κ2) is 6.38. The predicted molar refractivity (Wildman–Crippen MR) is 86.4 cm³/mol. The molecule has 21 heavy (non-hydrogen) atoms. The number of aromatic nitrogens is 1. The van der Waals surface area contributed by atoms with Gasteiger partial charge in [0.15, 0.2) is 5.78 Å². The van der Waals surface area contributed by atoms with Gasteiger partial charge < -0.3 is 0 Å². The molecule has 0 unspecified atom stereocenters. The molecule has 0 saturated heterocycles. The monoisotopic (exact) mass is 281 g/mol. The molecule has 1 aliphatic carbocycles. The van der Waals surface area contributed by atoms with Crippen LogP contribution < -0.4 is 0 Å². The lowest BCUT2D eigenvalue weighted by Gasteiger charge is -2.27. The highest BCUT2D eigenvalue weighted by atomic mass is 16.1. The molecule has 1 heterocycles. The van der Waals surface area contributed by atoms with Crippen molar-refractivity contribution >= 4 is 16.6 Å². The topological polar surface area (TPSA) is 30.0 Å². The van der Waals surface area contributed by atoms with Crippen molar-refractivity contribution in [2.75, 3.05) is 0 Å². The van der Waals surface area contributed by atoms with Crippen LogP contribution in [-0.4, -0.2) is 10.8 Å². The molecule has 2 heteroatoms. The van der Waals surface area contributed by atoms with E-state index in [-0.39, 0.29) is 5.92 Å². The summed E-state index contributed by atoms with van der Waals surface area (Å²) in [5.41, 5.74) is 0.883. The summed E-state index contributed by atoms with van der Waals surface area (Å²) in [4.78, 5) is 17.0. The van der Waals surface area contributed by atoms with Gasteiger partial charge >= 0.3 is 0 Å². The van der Waals surface area contributed by atoms with Crippen molar-refractivity contribution < 1.29 is 4.79 Å². The summed E-state index contributed by atoms with van der Waals surface area (Å²) in [5, 5.41) is 2.11. The normalized spacial score (nSPS) is 22.3. The van der Waals surface area contributed by atoms with Crippen LogP contribution in [0.1, 0.15) is 55.8 Å². The third-order valence-corrected chi connectivity index (χ3v) is 4.86. The number of carbonyl (C=O) groups is 1. The Balaban J connectivity index is 1.79. The fourth-order valence-corrected chi connectivity index (χ4v) is 3.68. The van der Waals surface area contributed by atoms with Gasteiger partial charge in [-0.25, -0.2) is 0 Å². The maximum absolute atomic E-state index is 12.9. The lowest BCUT2D eigenvalue weighted by Crippen LogP contribution is -2.22. The molecule has 0 amide bonds. The van der Waals surface area contributed by atoms with Gasteiger partial charge in [0.25, 0.3) is 0 Å². The average molecular weight is 281 g/mol. The first-order valence-corrected chi connectivity index (χ1v) is 8.16. The highest BCUT2D eigenvalue weighted by molar-refractivity contribution is 6.08. The quantitative estimate of drug-likeness (QED) is 0.736. The van der Waals surface area contributed by atoms with Crippen LogP contribution in [0.5, 0.6) is 0 Å². The molecule has 3 rings (SSSR count). The molecule has 2 nitrogen and oxygen atoms in total. The van der Waals surface area contributed by atoms with Gasteiger partial charge in [-0.1, -0.05) is 38.0 Å². The van der Waals surface area contributed by atoms with Gasteiger partial charge in [0.05, 0.1) is 0 Å². The summed E-state index contributed by atoms with van der Waals surface area (Å²) < 4.78 is 0. The zero-order chi connectivity index (χ0) is 14.7. The minimum absolute atomic E-state index is 0.219. The Morgan fingerprint density at radius 2 is 2.00 bits per heavy atom. The fourth-order valence-electron chi connectivity index (χ4n) is 3.68. The van der Waals surface area contributed by atoms with Gasteiger partial charge in [-0.15, -0.1) is 0 Å². The van der Waals surface area contributed by atoms with Crippen molar-refractivity contribution in [3.63, 3.8) is 0 Å². The highest BCUT2D eigenvalue weighted by Crippen LogP contribution is 2.34. The van der Waals surface area contributed by atoms with E-state index in [2.05, 4.69) is 11.9 Å². The summed E-state index contributed by atoms with van der Waals surface area (Å²) in [6, 6.07) is 7.94. The van der Waals surface area contributed by atoms with Crippen LogP contribution in [0.15, 0.2) is 36.7 Å². The van der Waals surface area contributed by atoms with E-state index in [1.165, 1.54) is 25.7 Å². The Hall–Kier alpha value is -1.70. The maximum Gasteiger partial charge on any atom is 0.166 e. The number of hydrogen-bond donors (Lipinski definition) is 0. The zero-order valence-corrected chi connectivity index (χ0v) is 12.7. The molecule has 0 atom stereocenters. The van der Waals surface area contributed by atoms with Gasteiger partial charge in [-0.05, 0) is 43.1 Å². The minimum Gasteiger partial charge on any atom is -0.294 e. The van der Waals surface area contributed by atoms with Crippen molar-refractivity contribution in [2.24, 2.45) is 11.8 Å². The number of Topliss-reactive ketones (excluding diaryl/α,β-unsaturated/α-hetero) is 1. The van der Waals surface area contributed by atoms with Gasteiger partial charge in [-0.2, -0.15) is 0 Å². The van der Waals surface area contributed by atoms with Crippen LogP contribution >= 0.6 is 0 Å². The standard InChI is InChI=1S/C19H23NO/c1-2-4-14-7-9-15(10-8-14)19(21)18-6-3-5-16-13-20-12-11-17(16)18/h3,5-6,11-15H,2,4,7-10H2,1H3. The summed E-state index contributed by atoms with van der Waals surface area (Å²) in [5.74, 6) is 1.40. The lowest BCUT2D eigenvalue weighted by molar-refractivity contribution is 0.0871. The van der Waals surface area contributed by atoms with Crippen molar-refractivity contribution in [3.05, 3.63) is 42.2 Å². The van der Waals surface area contributed by atoms with E-state index in [0.717, 1.165) is 35.1 Å². The molecule has 1 aliphatic rings. The number of hydrogen-bond acceptors (Lipinski definition) is 2. The number of ketones is 1. The number of carbonyl (C=O) groups excluding carboxylic acids is 1. The molecule has 1 aromatic heterocycles. The molecule has 0 bridgehead atoms. The van der Waals surface area contributed by atoms with Gasteiger partial charge in [0.2, 0.25) is 0 Å². The van der Waals surface area contributed by atoms with Crippen LogP contribution in [-0.2, 0) is 0 Å². The van der Waals surface area contributed by atoms with E-state index >= 15 is 0 Å². The Morgan fingerprint density at radius 1 is 1.19 bits per heavy atom. The number of rotatable bonds is 4. The zero-order valence-electron chi connectivity index (χ0n) is 12.7. The minimum atomic E-state index is 0.219. The van der Waals surface area contributed by atoms with Crippen molar-refractivity contribution in [1.29, 1.82) is 0 Å². The Kier molecular flexibility index (Phi) is 4.33. The summed E-state index contributed by atoms with van der Waals surface area (Å²) in [6.45, 7) is 2.25. The largest absolute Gasteiger partial charge is 0.294 e. The summed E-state index contributed by atoms with van der Waals surface area (Å²) in [6.07, 6.45) is 10.8. The molecule has 1 aromatic carbocycles. The first-order valence-electron chi connectivity index (χ1n) is 8.16. The van der Waals surface area contributed by atoms with Crippen LogP contribution in [0, 0.1) is 11.8 Å². The summed E-state index contributed by atoms with van der Waals surface area (Å²) >= 11 is 0. The third kappa shape index (κ3) is 2.99. The number of fused-ring (bicyclic) bond motifs is 1. The third-order valence-electron chi connectivity index (χ3n) is 4.86. The molecule has 0 N–H and O–H groups in total.